The van der Waals surface area contributed by atoms with E-state index in [-0.39, 0.29) is 65.0 Å². The van der Waals surface area contributed by atoms with Crippen LogP contribution < -0.4 is 55.9 Å². The van der Waals surface area contributed by atoms with E-state index < -0.39 is 10.8 Å². The maximum atomic E-state index is 8.41. The van der Waals surface area contributed by atoms with Crippen molar-refractivity contribution in [2.24, 2.45) is 0 Å². The Balaban J connectivity index is -0.0000000150. The molecule has 0 N–H and O–H groups in total. The standard InChI is InChI=1S/ClO3.ClH.Mg.Na/c2-1(3)4;;;/h;1H;;/q-1;;+2;+1/p-1. The Hall–Kier alpha value is 2.23. The fourth-order valence-corrected chi connectivity index (χ4v) is 0. The van der Waals surface area contributed by atoms with Crippen LogP contribution in [0, 0.1) is 10.8 Å². The zero-order chi connectivity index (χ0) is 3.58. The summed E-state index contributed by atoms with van der Waals surface area (Å²) in [5, 5.41) is 0. The Morgan fingerprint density at radius 2 is 1.00 bits per heavy atom. The van der Waals surface area contributed by atoms with Crippen molar-refractivity contribution in [3.8, 4) is 0 Å². The van der Waals surface area contributed by atoms with Crippen LogP contribution in [0.4, 0.5) is 0 Å². The summed E-state index contributed by atoms with van der Waals surface area (Å²) in [6.07, 6.45) is 0. The fraction of sp³-hybridized carbons (Fsp3) is 0. The van der Waals surface area contributed by atoms with E-state index in [0.717, 1.165) is 0 Å². The first-order chi connectivity index (χ1) is 1.73. The predicted molar refractivity (Wildman–Crippen MR) is 5.75 cm³/mol. The van der Waals surface area contributed by atoms with Crippen LogP contribution in [0.5, 0.6) is 0 Å². The molecule has 0 aliphatic heterocycles. The molecule has 7 heteroatoms. The van der Waals surface area contributed by atoms with Crippen molar-refractivity contribution in [3.05, 3.63) is 0 Å². The van der Waals surface area contributed by atoms with Crippen LogP contribution >= 0.6 is 0 Å². The number of hydrogen-bond acceptors (Lipinski definition) is 3. The van der Waals surface area contributed by atoms with Crippen molar-refractivity contribution >= 4 is 23.1 Å². The molecular formula is Cl2MgNaO3+. The van der Waals surface area contributed by atoms with Gasteiger partial charge in [0.15, 0.2) is 0 Å². The third-order valence-corrected chi connectivity index (χ3v) is 0. The molecule has 0 unspecified atom stereocenters. The number of rotatable bonds is 0. The predicted octanol–water partition coefficient (Wildman–Crippen LogP) is -9.94. The summed E-state index contributed by atoms with van der Waals surface area (Å²) >= 11 is 0. The number of hydrogen-bond donors (Lipinski definition) is 0. The molecular weight excluding hydrogens is 166 g/mol. The van der Waals surface area contributed by atoms with Gasteiger partial charge in [0.2, 0.25) is 0 Å². The van der Waals surface area contributed by atoms with Crippen LogP contribution in [0.3, 0.4) is 0 Å². The molecule has 3 nitrogen and oxygen atoms in total. The van der Waals surface area contributed by atoms with Gasteiger partial charge in [0, 0.05) is 0 Å². The van der Waals surface area contributed by atoms with Crippen LogP contribution in [0.1, 0.15) is 0 Å². The van der Waals surface area contributed by atoms with E-state index >= 15 is 0 Å². The molecule has 0 rings (SSSR count). The van der Waals surface area contributed by atoms with E-state index in [0.29, 0.717) is 0 Å². The Morgan fingerprint density at radius 3 is 1.00 bits per heavy atom. The Labute approximate surface area is 88.7 Å². The Bertz CT molecular complexity index is 17.7. The smallest absolute Gasteiger partial charge is 1.00 e. The van der Waals surface area contributed by atoms with Crippen LogP contribution in [0.25, 0.3) is 0 Å². The second-order valence-electron chi connectivity index (χ2n) is 0.189. The summed E-state index contributed by atoms with van der Waals surface area (Å²) in [6, 6.07) is 0. The van der Waals surface area contributed by atoms with Gasteiger partial charge in [0.25, 0.3) is 0 Å². The van der Waals surface area contributed by atoms with Gasteiger partial charge < -0.3 is 26.4 Å². The van der Waals surface area contributed by atoms with Gasteiger partial charge in [-0.2, -0.15) is 0 Å². The summed E-state index contributed by atoms with van der Waals surface area (Å²) in [5.74, 6) is 0. The van der Waals surface area contributed by atoms with E-state index in [2.05, 4.69) is 0 Å². The van der Waals surface area contributed by atoms with Crippen LogP contribution in [0.2, 0.25) is 0 Å². The van der Waals surface area contributed by atoms with Gasteiger partial charge in [-0.3, -0.25) is 0 Å². The fourth-order valence-electron chi connectivity index (χ4n) is 0. The Morgan fingerprint density at radius 1 is 1.00 bits per heavy atom. The molecule has 0 saturated heterocycles. The first-order valence-electron chi connectivity index (χ1n) is 0.463. The quantitative estimate of drug-likeness (QED) is 0.335. The zero-order valence-electron chi connectivity index (χ0n) is 3.69. The first-order valence-corrected chi connectivity index (χ1v) is 1.39. The van der Waals surface area contributed by atoms with Crippen molar-refractivity contribution in [2.45, 2.75) is 0 Å². The van der Waals surface area contributed by atoms with Crippen molar-refractivity contribution in [3.63, 3.8) is 0 Å². The van der Waals surface area contributed by atoms with E-state index in [1.807, 2.05) is 0 Å². The molecule has 0 spiro atoms. The minimum absolute atomic E-state index is 0. The maximum absolute atomic E-state index is 8.41. The van der Waals surface area contributed by atoms with Gasteiger partial charge in [0.05, 0.1) is 10.8 Å². The monoisotopic (exact) mass is 165 g/mol. The molecule has 0 aromatic carbocycles. The summed E-state index contributed by atoms with van der Waals surface area (Å²) in [7, 11) is -2.85. The molecule has 0 fully saturated rings. The molecule has 0 atom stereocenters. The largest absolute Gasteiger partial charge is 2.00 e. The molecule has 34 valence electrons. The molecule has 0 radical (unpaired) electrons. The van der Waals surface area contributed by atoms with Crippen molar-refractivity contribution in [1.82, 2.24) is 0 Å². The van der Waals surface area contributed by atoms with Gasteiger partial charge in [0.1, 0.15) is 0 Å². The molecule has 0 amide bonds. The Kier molecular flexibility index (Phi) is 51.4. The molecule has 0 saturated carbocycles. The average molecular weight is 166 g/mol. The molecule has 0 aliphatic carbocycles. The van der Waals surface area contributed by atoms with Gasteiger partial charge in [-0.05, 0) is 0 Å². The third kappa shape index (κ3) is 64.3. The minimum atomic E-state index is -2.85. The van der Waals surface area contributed by atoms with Gasteiger partial charge in [-0.25, -0.2) is 0 Å². The second kappa shape index (κ2) is 15.7. The van der Waals surface area contributed by atoms with Crippen LogP contribution in [0.15, 0.2) is 0 Å². The van der Waals surface area contributed by atoms with E-state index in [9.17, 15) is 0 Å². The van der Waals surface area contributed by atoms with E-state index in [1.165, 1.54) is 0 Å². The summed E-state index contributed by atoms with van der Waals surface area (Å²) in [6.45, 7) is 0. The molecule has 7 heavy (non-hydrogen) atoms. The molecule has 0 aromatic rings. The molecule has 0 heterocycles. The van der Waals surface area contributed by atoms with Crippen molar-refractivity contribution < 1.29 is 66.7 Å². The SMILES string of the molecule is [Cl-].[Mg+2].[Na+].[O-][Cl+2]([O-])[O-]. The topological polar surface area (TPSA) is 69.2 Å². The maximum Gasteiger partial charge on any atom is 2.00 e. The van der Waals surface area contributed by atoms with Gasteiger partial charge >= 0.3 is 52.6 Å². The minimum Gasteiger partial charge on any atom is -1.00 e. The molecule has 0 bridgehead atoms. The third-order valence-electron chi connectivity index (χ3n) is 0. The van der Waals surface area contributed by atoms with Gasteiger partial charge in [-0.1, -0.05) is 0 Å². The van der Waals surface area contributed by atoms with E-state index in [1.54, 1.807) is 0 Å². The number of halogens is 2. The normalized spacial score (nSPS) is 5.14. The van der Waals surface area contributed by atoms with Crippen molar-refractivity contribution in [1.29, 1.82) is 0 Å². The average Bonchev–Trinajstić information content (AvgIpc) is 0.811. The van der Waals surface area contributed by atoms with Crippen molar-refractivity contribution in [2.75, 3.05) is 0 Å². The summed E-state index contributed by atoms with van der Waals surface area (Å²) in [5.41, 5.74) is 0. The summed E-state index contributed by atoms with van der Waals surface area (Å²) < 4.78 is 25.2. The molecule has 0 aromatic heterocycles. The van der Waals surface area contributed by atoms with Crippen LogP contribution in [-0.2, 0) is 0 Å². The van der Waals surface area contributed by atoms with Gasteiger partial charge in [-0.15, -0.1) is 0 Å². The van der Waals surface area contributed by atoms with E-state index in [4.69, 9.17) is 14.0 Å². The summed E-state index contributed by atoms with van der Waals surface area (Å²) in [4.78, 5) is 0. The zero-order valence-corrected chi connectivity index (χ0v) is 8.61. The second-order valence-corrected chi connectivity index (χ2v) is 0.567. The van der Waals surface area contributed by atoms with Crippen LogP contribution in [-0.4, -0.2) is 23.1 Å². The molecule has 0 aliphatic rings. The first kappa shape index (κ1) is 22.9.